The molecule has 1 amide bonds. The van der Waals surface area contributed by atoms with Gasteiger partial charge in [-0.3, -0.25) is 9.69 Å². The van der Waals surface area contributed by atoms with Crippen molar-refractivity contribution in [3.63, 3.8) is 0 Å². The Bertz CT molecular complexity index is 720. The first-order valence-corrected chi connectivity index (χ1v) is 10.9. The molecular weight excluding hydrogens is 388 g/mol. The number of nitriles is 1. The number of carbonyl (C=O) groups excluding carboxylic acids is 1. The van der Waals surface area contributed by atoms with E-state index < -0.39 is 0 Å². The predicted molar refractivity (Wildman–Crippen MR) is 115 cm³/mol. The van der Waals surface area contributed by atoms with Crippen molar-refractivity contribution in [2.45, 2.75) is 44.6 Å². The van der Waals surface area contributed by atoms with Gasteiger partial charge in [-0.15, -0.1) is 0 Å². The van der Waals surface area contributed by atoms with Crippen molar-refractivity contribution in [3.8, 4) is 11.8 Å². The number of para-hydroxylation sites is 1. The standard InChI is InChI=1S/C22H31ClN4O2/c1-29-22-19(23)3-2-4-20(22)27-15-13-26(14-16-27)12-10-17-5-7-18(8-6-17)25-21(28)9-11-24/h2-4,17-18H,5-10,12-16H2,1H3,(H,25,28). The highest BCUT2D eigenvalue weighted by atomic mass is 35.5. The van der Waals surface area contributed by atoms with E-state index in [0.717, 1.165) is 75.8 Å². The Morgan fingerprint density at radius 3 is 2.62 bits per heavy atom. The molecule has 1 aliphatic heterocycles. The fraction of sp³-hybridized carbons (Fsp3) is 0.636. The lowest BCUT2D eigenvalue weighted by molar-refractivity contribution is -0.121. The number of nitrogens with zero attached hydrogens (tertiary/aromatic N) is 3. The number of rotatable bonds is 7. The molecule has 1 aromatic carbocycles. The molecule has 1 heterocycles. The lowest BCUT2D eigenvalue weighted by Crippen LogP contribution is -2.47. The number of benzene rings is 1. The van der Waals surface area contributed by atoms with E-state index in [0.29, 0.717) is 5.02 Å². The number of methoxy groups -OCH3 is 1. The Balaban J connectivity index is 1.38. The number of ether oxygens (including phenoxy) is 1. The third kappa shape index (κ3) is 6.01. The van der Waals surface area contributed by atoms with Crippen molar-refractivity contribution in [3.05, 3.63) is 23.2 Å². The summed E-state index contributed by atoms with van der Waals surface area (Å²) in [6, 6.07) is 8.08. The van der Waals surface area contributed by atoms with Gasteiger partial charge >= 0.3 is 0 Å². The first kappa shape index (κ1) is 21.7. The van der Waals surface area contributed by atoms with Gasteiger partial charge in [-0.05, 0) is 56.7 Å². The highest BCUT2D eigenvalue weighted by Gasteiger charge is 2.24. The average Bonchev–Trinajstić information content (AvgIpc) is 2.73. The number of carbonyl (C=O) groups is 1. The molecule has 1 aromatic rings. The molecule has 158 valence electrons. The first-order chi connectivity index (χ1) is 14.1. The van der Waals surface area contributed by atoms with Crippen molar-refractivity contribution in [1.29, 1.82) is 5.26 Å². The largest absolute Gasteiger partial charge is 0.493 e. The van der Waals surface area contributed by atoms with Crippen molar-refractivity contribution < 1.29 is 9.53 Å². The molecule has 3 rings (SSSR count). The molecule has 0 bridgehead atoms. The van der Waals surface area contributed by atoms with Gasteiger partial charge in [0.15, 0.2) is 5.75 Å². The van der Waals surface area contributed by atoms with Crippen LogP contribution in [0, 0.1) is 17.2 Å². The summed E-state index contributed by atoms with van der Waals surface area (Å²) < 4.78 is 5.50. The van der Waals surface area contributed by atoms with Crippen molar-refractivity contribution in [2.24, 2.45) is 5.92 Å². The van der Waals surface area contributed by atoms with E-state index in [9.17, 15) is 4.79 Å². The molecule has 1 saturated heterocycles. The fourth-order valence-corrected chi connectivity index (χ4v) is 4.72. The molecule has 1 N–H and O–H groups in total. The molecule has 0 atom stereocenters. The van der Waals surface area contributed by atoms with Crippen molar-refractivity contribution in [2.75, 3.05) is 44.7 Å². The van der Waals surface area contributed by atoms with Gasteiger partial charge in [-0.1, -0.05) is 17.7 Å². The van der Waals surface area contributed by atoms with E-state index >= 15 is 0 Å². The van der Waals surface area contributed by atoms with Crippen LogP contribution in [-0.2, 0) is 4.79 Å². The van der Waals surface area contributed by atoms with Gasteiger partial charge in [0.05, 0.1) is 23.9 Å². The van der Waals surface area contributed by atoms with E-state index in [-0.39, 0.29) is 18.4 Å². The van der Waals surface area contributed by atoms with Gasteiger partial charge in [-0.25, -0.2) is 0 Å². The van der Waals surface area contributed by atoms with Crippen LogP contribution in [0.1, 0.15) is 38.5 Å². The smallest absolute Gasteiger partial charge is 0.234 e. The number of hydrogen-bond acceptors (Lipinski definition) is 5. The van der Waals surface area contributed by atoms with E-state index in [1.54, 1.807) is 7.11 Å². The summed E-state index contributed by atoms with van der Waals surface area (Å²) in [6.45, 7) is 5.20. The number of anilines is 1. The molecule has 1 aliphatic carbocycles. The highest BCUT2D eigenvalue weighted by molar-refractivity contribution is 6.32. The topological polar surface area (TPSA) is 68.6 Å². The Morgan fingerprint density at radius 2 is 1.97 bits per heavy atom. The lowest BCUT2D eigenvalue weighted by Gasteiger charge is -2.37. The molecular formula is C22H31ClN4O2. The van der Waals surface area contributed by atoms with Crippen LogP contribution in [-0.4, -0.2) is 56.7 Å². The van der Waals surface area contributed by atoms with Crippen molar-refractivity contribution >= 4 is 23.2 Å². The van der Waals surface area contributed by atoms with Gasteiger partial charge in [-0.2, -0.15) is 5.26 Å². The van der Waals surface area contributed by atoms with E-state index in [1.807, 2.05) is 18.2 Å². The SMILES string of the molecule is COc1c(Cl)cccc1N1CCN(CCC2CCC(NC(=O)CC#N)CC2)CC1. The third-order valence-corrected chi connectivity index (χ3v) is 6.47. The molecule has 0 radical (unpaired) electrons. The Hall–Kier alpha value is -1.97. The summed E-state index contributed by atoms with van der Waals surface area (Å²) in [7, 11) is 1.67. The van der Waals surface area contributed by atoms with Gasteiger partial charge < -0.3 is 15.0 Å². The second kappa shape index (κ2) is 10.7. The van der Waals surface area contributed by atoms with Crippen LogP contribution in [0.25, 0.3) is 0 Å². The summed E-state index contributed by atoms with van der Waals surface area (Å²) in [5.74, 6) is 1.37. The van der Waals surface area contributed by atoms with Crippen LogP contribution in [0.4, 0.5) is 5.69 Å². The van der Waals surface area contributed by atoms with E-state index in [4.69, 9.17) is 21.6 Å². The normalized spacial score (nSPS) is 22.7. The molecule has 0 spiro atoms. The molecule has 1 saturated carbocycles. The molecule has 7 heteroatoms. The van der Waals surface area contributed by atoms with Crippen LogP contribution in [0.3, 0.4) is 0 Å². The van der Waals surface area contributed by atoms with Crippen LogP contribution < -0.4 is 15.0 Å². The molecule has 0 unspecified atom stereocenters. The van der Waals surface area contributed by atoms with E-state index in [1.165, 1.54) is 6.42 Å². The highest BCUT2D eigenvalue weighted by Crippen LogP contribution is 2.35. The Morgan fingerprint density at radius 1 is 1.24 bits per heavy atom. The molecule has 2 aliphatic rings. The predicted octanol–water partition coefficient (Wildman–Crippen LogP) is 3.45. The Kier molecular flexibility index (Phi) is 8.02. The molecule has 2 fully saturated rings. The van der Waals surface area contributed by atoms with Crippen LogP contribution in [0.5, 0.6) is 5.75 Å². The van der Waals surface area contributed by atoms with Crippen LogP contribution in [0.15, 0.2) is 18.2 Å². The van der Waals surface area contributed by atoms with Gasteiger partial charge in [0.1, 0.15) is 6.42 Å². The van der Waals surface area contributed by atoms with Crippen molar-refractivity contribution in [1.82, 2.24) is 10.2 Å². The maximum absolute atomic E-state index is 11.6. The zero-order valence-corrected chi connectivity index (χ0v) is 18.0. The molecule has 29 heavy (non-hydrogen) atoms. The summed E-state index contributed by atoms with van der Waals surface area (Å²) in [5, 5.41) is 12.2. The summed E-state index contributed by atoms with van der Waals surface area (Å²) >= 11 is 6.27. The number of hydrogen-bond donors (Lipinski definition) is 1. The lowest BCUT2D eigenvalue weighted by atomic mass is 9.84. The van der Waals surface area contributed by atoms with Crippen LogP contribution in [0.2, 0.25) is 5.02 Å². The number of nitrogens with one attached hydrogen (secondary N) is 1. The number of amides is 1. The maximum atomic E-state index is 11.6. The summed E-state index contributed by atoms with van der Waals surface area (Å²) in [5.41, 5.74) is 1.08. The van der Waals surface area contributed by atoms with E-state index in [2.05, 4.69) is 21.2 Å². The maximum Gasteiger partial charge on any atom is 0.234 e. The van der Waals surface area contributed by atoms with Gasteiger partial charge in [0.2, 0.25) is 5.91 Å². The van der Waals surface area contributed by atoms with Crippen LogP contribution >= 0.6 is 11.6 Å². The summed E-state index contributed by atoms with van der Waals surface area (Å²) in [6.07, 6.45) is 5.58. The Labute approximate surface area is 178 Å². The second-order valence-corrected chi connectivity index (χ2v) is 8.44. The van der Waals surface area contributed by atoms with Gasteiger partial charge in [0, 0.05) is 32.2 Å². The zero-order chi connectivity index (χ0) is 20.6. The minimum absolute atomic E-state index is 0.0348. The second-order valence-electron chi connectivity index (χ2n) is 8.03. The third-order valence-electron chi connectivity index (χ3n) is 6.17. The first-order valence-electron chi connectivity index (χ1n) is 10.6. The quantitative estimate of drug-likeness (QED) is 0.734. The fourth-order valence-electron chi connectivity index (χ4n) is 4.47. The minimum Gasteiger partial charge on any atom is -0.493 e. The average molecular weight is 419 g/mol. The monoisotopic (exact) mass is 418 g/mol. The zero-order valence-electron chi connectivity index (χ0n) is 17.2. The molecule has 6 nitrogen and oxygen atoms in total. The summed E-state index contributed by atoms with van der Waals surface area (Å²) in [4.78, 5) is 16.5. The molecule has 0 aromatic heterocycles. The number of piperazine rings is 1. The van der Waals surface area contributed by atoms with Gasteiger partial charge in [0.25, 0.3) is 0 Å². The minimum atomic E-state index is -0.134. The number of halogens is 1.